The van der Waals surface area contributed by atoms with Gasteiger partial charge < -0.3 is 15.2 Å². The fourth-order valence-corrected chi connectivity index (χ4v) is 3.96. The van der Waals surface area contributed by atoms with E-state index in [1.165, 1.54) is 4.57 Å². The van der Waals surface area contributed by atoms with E-state index in [1.807, 2.05) is 13.1 Å². The molecule has 1 saturated heterocycles. The predicted molar refractivity (Wildman–Crippen MR) is 114 cm³/mol. The zero-order valence-corrected chi connectivity index (χ0v) is 16.9. The lowest BCUT2D eigenvalue weighted by molar-refractivity contribution is -0.109. The molecule has 1 aliphatic rings. The summed E-state index contributed by atoms with van der Waals surface area (Å²) < 4.78 is 6.45. The first-order valence-corrected chi connectivity index (χ1v) is 9.90. The van der Waals surface area contributed by atoms with Gasteiger partial charge in [-0.2, -0.15) is 0 Å². The van der Waals surface area contributed by atoms with Crippen LogP contribution in [-0.2, 0) is 4.79 Å². The molecule has 31 heavy (non-hydrogen) atoms. The Morgan fingerprint density at radius 1 is 1.29 bits per heavy atom. The standard InChI is InChI=1S/C22H22N4O5/c1-25-8-2-3-17(25)19-11-15-13-23-20(12-18(15)26(19)22(29)30)24-21(28)14-4-6-16(7-5-14)31-10-9-27/h4-7,9,11-13,17H,2-3,8,10H2,1H3,(H,29,30)(H,23,24,28)/t17-/m1/s1. The van der Waals surface area contributed by atoms with E-state index in [0.717, 1.165) is 19.4 Å². The lowest BCUT2D eigenvalue weighted by Gasteiger charge is -2.20. The van der Waals surface area contributed by atoms with Crippen molar-refractivity contribution >= 4 is 35.0 Å². The Labute approximate surface area is 178 Å². The number of nitrogens with zero attached hydrogens (tertiary/aromatic N) is 3. The van der Waals surface area contributed by atoms with E-state index in [0.29, 0.717) is 34.2 Å². The van der Waals surface area contributed by atoms with Crippen LogP contribution in [-0.4, -0.2) is 58.0 Å². The number of carbonyl (C=O) groups excluding carboxylic acids is 2. The molecule has 160 valence electrons. The van der Waals surface area contributed by atoms with Crippen molar-refractivity contribution in [2.45, 2.75) is 18.9 Å². The minimum absolute atomic E-state index is 0.0292. The Balaban J connectivity index is 1.60. The van der Waals surface area contributed by atoms with Crippen LogP contribution in [0.2, 0.25) is 0 Å². The molecule has 3 aromatic rings. The van der Waals surface area contributed by atoms with E-state index in [1.54, 1.807) is 36.5 Å². The third-order valence-corrected chi connectivity index (χ3v) is 5.44. The van der Waals surface area contributed by atoms with Gasteiger partial charge in [-0.1, -0.05) is 0 Å². The van der Waals surface area contributed by atoms with Crippen LogP contribution in [0, 0.1) is 0 Å². The number of ether oxygens (including phenoxy) is 1. The second kappa shape index (κ2) is 8.57. The van der Waals surface area contributed by atoms with Crippen LogP contribution in [0.25, 0.3) is 10.9 Å². The van der Waals surface area contributed by atoms with Crippen LogP contribution in [0.1, 0.15) is 34.9 Å². The van der Waals surface area contributed by atoms with Crippen molar-refractivity contribution in [2.75, 3.05) is 25.5 Å². The van der Waals surface area contributed by atoms with E-state index in [2.05, 4.69) is 15.2 Å². The quantitative estimate of drug-likeness (QED) is 0.587. The summed E-state index contributed by atoms with van der Waals surface area (Å²) in [6.07, 6.45) is 3.05. The van der Waals surface area contributed by atoms with Gasteiger partial charge in [-0.15, -0.1) is 0 Å². The van der Waals surface area contributed by atoms with Crippen LogP contribution in [0.5, 0.6) is 5.75 Å². The van der Waals surface area contributed by atoms with Gasteiger partial charge in [0.25, 0.3) is 5.91 Å². The Morgan fingerprint density at radius 3 is 2.71 bits per heavy atom. The first-order valence-electron chi connectivity index (χ1n) is 9.90. The number of hydrogen-bond acceptors (Lipinski definition) is 6. The van der Waals surface area contributed by atoms with Gasteiger partial charge >= 0.3 is 6.09 Å². The summed E-state index contributed by atoms with van der Waals surface area (Å²) in [6, 6.07) is 9.78. The van der Waals surface area contributed by atoms with Crippen LogP contribution in [0.15, 0.2) is 42.6 Å². The topological polar surface area (TPSA) is 114 Å². The number of nitrogens with one attached hydrogen (secondary N) is 1. The predicted octanol–water partition coefficient (Wildman–Crippen LogP) is 3.16. The van der Waals surface area contributed by atoms with Gasteiger partial charge in [0.1, 0.15) is 18.2 Å². The van der Waals surface area contributed by atoms with Gasteiger partial charge in [0.2, 0.25) is 0 Å². The van der Waals surface area contributed by atoms with Crippen molar-refractivity contribution in [3.8, 4) is 5.75 Å². The molecule has 0 saturated carbocycles. The first kappa shape index (κ1) is 20.5. The fourth-order valence-electron chi connectivity index (χ4n) is 3.96. The summed E-state index contributed by atoms with van der Waals surface area (Å²) in [5.41, 5.74) is 1.56. The van der Waals surface area contributed by atoms with Crippen LogP contribution >= 0.6 is 0 Å². The molecule has 0 aliphatic carbocycles. The normalized spacial score (nSPS) is 16.4. The van der Waals surface area contributed by atoms with E-state index < -0.39 is 12.0 Å². The number of benzene rings is 1. The number of carboxylic acid groups (broad SMARTS) is 1. The number of likely N-dealkylation sites (tertiary alicyclic amines) is 1. The van der Waals surface area contributed by atoms with Crippen molar-refractivity contribution in [1.82, 2.24) is 14.5 Å². The van der Waals surface area contributed by atoms with Crippen molar-refractivity contribution in [3.05, 3.63) is 53.9 Å². The zero-order chi connectivity index (χ0) is 22.0. The van der Waals surface area contributed by atoms with Gasteiger partial charge in [0.15, 0.2) is 6.29 Å². The number of hydrogen-bond donors (Lipinski definition) is 2. The molecule has 1 fully saturated rings. The molecule has 9 nitrogen and oxygen atoms in total. The fraction of sp³-hybridized carbons (Fsp3) is 0.273. The van der Waals surface area contributed by atoms with Crippen molar-refractivity contribution < 1.29 is 24.2 Å². The third-order valence-electron chi connectivity index (χ3n) is 5.44. The molecule has 0 unspecified atom stereocenters. The number of fused-ring (bicyclic) bond motifs is 1. The lowest BCUT2D eigenvalue weighted by atomic mass is 10.1. The van der Waals surface area contributed by atoms with Crippen LogP contribution in [0.3, 0.4) is 0 Å². The van der Waals surface area contributed by atoms with E-state index in [4.69, 9.17) is 4.74 Å². The highest BCUT2D eigenvalue weighted by atomic mass is 16.5. The molecule has 2 N–H and O–H groups in total. The number of anilines is 1. The van der Waals surface area contributed by atoms with Crippen molar-refractivity contribution in [1.29, 1.82) is 0 Å². The zero-order valence-electron chi connectivity index (χ0n) is 16.9. The highest BCUT2D eigenvalue weighted by Gasteiger charge is 2.28. The van der Waals surface area contributed by atoms with Gasteiger partial charge in [-0.05, 0) is 56.8 Å². The van der Waals surface area contributed by atoms with Gasteiger partial charge in [0, 0.05) is 28.9 Å². The van der Waals surface area contributed by atoms with E-state index in [9.17, 15) is 19.5 Å². The Kier molecular flexibility index (Phi) is 5.68. The molecule has 3 heterocycles. The average molecular weight is 422 g/mol. The minimum Gasteiger partial charge on any atom is -0.486 e. The Bertz CT molecular complexity index is 1140. The summed E-state index contributed by atoms with van der Waals surface area (Å²) in [5.74, 6) is 0.343. The maximum absolute atomic E-state index is 12.6. The second-order valence-electron chi connectivity index (χ2n) is 7.41. The summed E-state index contributed by atoms with van der Waals surface area (Å²) in [7, 11) is 1.99. The molecule has 0 spiro atoms. The summed E-state index contributed by atoms with van der Waals surface area (Å²) >= 11 is 0. The van der Waals surface area contributed by atoms with Gasteiger partial charge in [-0.3, -0.25) is 14.5 Å². The molecule has 9 heteroatoms. The largest absolute Gasteiger partial charge is 0.486 e. The van der Waals surface area contributed by atoms with Gasteiger partial charge in [0.05, 0.1) is 11.6 Å². The molecule has 0 radical (unpaired) electrons. The molecule has 2 aromatic heterocycles. The number of aldehydes is 1. The third kappa shape index (κ3) is 4.13. The lowest BCUT2D eigenvalue weighted by Crippen LogP contribution is -2.22. The SMILES string of the molecule is CN1CCC[C@@H]1c1cc2cnc(NC(=O)c3ccc(OCC=O)cc3)cc2n1C(=O)O. The molecular formula is C22H22N4O5. The second-order valence-corrected chi connectivity index (χ2v) is 7.41. The smallest absolute Gasteiger partial charge is 0.416 e. The molecule has 1 atom stereocenters. The van der Waals surface area contributed by atoms with Crippen molar-refractivity contribution in [2.24, 2.45) is 0 Å². The van der Waals surface area contributed by atoms with Crippen molar-refractivity contribution in [3.63, 3.8) is 0 Å². The molecule has 1 amide bonds. The maximum atomic E-state index is 12.6. The maximum Gasteiger partial charge on any atom is 0.416 e. The molecule has 1 aliphatic heterocycles. The van der Waals surface area contributed by atoms with E-state index in [-0.39, 0.29) is 18.5 Å². The summed E-state index contributed by atoms with van der Waals surface area (Å²) in [4.78, 5) is 41.4. The Morgan fingerprint density at radius 2 is 2.06 bits per heavy atom. The monoisotopic (exact) mass is 422 g/mol. The molecule has 1 aromatic carbocycles. The first-order chi connectivity index (χ1) is 15.0. The number of amides is 1. The number of aromatic nitrogens is 2. The Hall–Kier alpha value is -3.72. The van der Waals surface area contributed by atoms with E-state index >= 15 is 0 Å². The molecule has 4 rings (SSSR count). The summed E-state index contributed by atoms with van der Waals surface area (Å²) in [5, 5.41) is 13.2. The highest BCUT2D eigenvalue weighted by Crippen LogP contribution is 2.34. The highest BCUT2D eigenvalue weighted by molar-refractivity contribution is 6.04. The number of pyridine rings is 1. The minimum atomic E-state index is -1.07. The number of carbonyl (C=O) groups is 3. The van der Waals surface area contributed by atoms with Gasteiger partial charge in [-0.25, -0.2) is 14.3 Å². The average Bonchev–Trinajstić information content (AvgIpc) is 3.35. The van der Waals surface area contributed by atoms with Crippen LogP contribution in [0.4, 0.5) is 10.6 Å². The van der Waals surface area contributed by atoms with Crippen LogP contribution < -0.4 is 10.1 Å². The molecular weight excluding hydrogens is 400 g/mol. The molecule has 0 bridgehead atoms. The summed E-state index contributed by atoms with van der Waals surface area (Å²) in [6.45, 7) is 0.863. The number of rotatable bonds is 6.